The van der Waals surface area contributed by atoms with E-state index in [1.54, 1.807) is 36.4 Å². The maximum atomic E-state index is 12.5. The van der Waals surface area contributed by atoms with Crippen LogP contribution in [-0.2, 0) is 22.6 Å². The lowest BCUT2D eigenvalue weighted by molar-refractivity contribution is -0.124. The standard InChI is InChI=1S/C25H20N2O5/c28-22(26-14-17-6-2-1-3-7-17)16-32-25(31)19-12-10-18(11-13-19)15-27-23(29)20-8-4-5-9-21(20)24(27)30/h1-13H,14-16H2,(H,26,28). The highest BCUT2D eigenvalue weighted by Crippen LogP contribution is 2.24. The predicted molar refractivity (Wildman–Crippen MR) is 116 cm³/mol. The summed E-state index contributed by atoms with van der Waals surface area (Å²) in [4.78, 5) is 50.2. The molecule has 3 aromatic rings. The van der Waals surface area contributed by atoms with Gasteiger partial charge in [0.25, 0.3) is 17.7 Å². The summed E-state index contributed by atoms with van der Waals surface area (Å²) in [5.41, 5.74) is 2.69. The van der Waals surface area contributed by atoms with Crippen molar-refractivity contribution in [3.63, 3.8) is 0 Å². The molecule has 160 valence electrons. The van der Waals surface area contributed by atoms with E-state index in [1.807, 2.05) is 30.3 Å². The number of nitrogens with zero attached hydrogens (tertiary/aromatic N) is 1. The van der Waals surface area contributed by atoms with Crippen LogP contribution in [0.4, 0.5) is 0 Å². The molecule has 1 N–H and O–H groups in total. The molecule has 0 spiro atoms. The van der Waals surface area contributed by atoms with Crippen LogP contribution in [0.1, 0.15) is 42.2 Å². The molecule has 0 saturated carbocycles. The van der Waals surface area contributed by atoms with E-state index in [1.165, 1.54) is 17.0 Å². The normalized spacial score (nSPS) is 12.4. The minimum Gasteiger partial charge on any atom is -0.452 e. The van der Waals surface area contributed by atoms with Gasteiger partial charge < -0.3 is 10.1 Å². The van der Waals surface area contributed by atoms with Crippen molar-refractivity contribution in [1.82, 2.24) is 10.2 Å². The average molecular weight is 428 g/mol. The lowest BCUT2D eigenvalue weighted by Gasteiger charge is -2.14. The summed E-state index contributed by atoms with van der Waals surface area (Å²) in [6.45, 7) is 0.0652. The number of carbonyl (C=O) groups excluding carboxylic acids is 4. The van der Waals surface area contributed by atoms with Crippen LogP contribution in [0.2, 0.25) is 0 Å². The third-order valence-corrected chi connectivity index (χ3v) is 5.08. The topological polar surface area (TPSA) is 92.8 Å². The van der Waals surface area contributed by atoms with E-state index < -0.39 is 11.9 Å². The van der Waals surface area contributed by atoms with Gasteiger partial charge in [0.05, 0.1) is 23.2 Å². The number of hydrogen-bond acceptors (Lipinski definition) is 5. The maximum Gasteiger partial charge on any atom is 0.338 e. The van der Waals surface area contributed by atoms with Gasteiger partial charge in [0.1, 0.15) is 0 Å². The molecular formula is C25H20N2O5. The Balaban J connectivity index is 1.29. The molecular weight excluding hydrogens is 408 g/mol. The van der Waals surface area contributed by atoms with Crippen molar-refractivity contribution in [1.29, 1.82) is 0 Å². The molecule has 1 aliphatic rings. The van der Waals surface area contributed by atoms with Crippen LogP contribution >= 0.6 is 0 Å². The molecule has 0 unspecified atom stereocenters. The number of amides is 3. The van der Waals surface area contributed by atoms with E-state index >= 15 is 0 Å². The Morgan fingerprint density at radius 1 is 0.750 bits per heavy atom. The first kappa shape index (κ1) is 21.0. The molecule has 0 atom stereocenters. The molecule has 0 aromatic heterocycles. The second kappa shape index (κ2) is 9.26. The Bertz CT molecular complexity index is 1140. The highest BCUT2D eigenvalue weighted by molar-refractivity contribution is 6.21. The van der Waals surface area contributed by atoms with Crippen LogP contribution in [0.5, 0.6) is 0 Å². The highest BCUT2D eigenvalue weighted by atomic mass is 16.5. The quantitative estimate of drug-likeness (QED) is 0.461. The van der Waals surface area contributed by atoms with Crippen molar-refractivity contribution < 1.29 is 23.9 Å². The summed E-state index contributed by atoms with van der Waals surface area (Å²) in [6.07, 6.45) is 0. The lowest BCUT2D eigenvalue weighted by atomic mass is 10.1. The van der Waals surface area contributed by atoms with Crippen LogP contribution < -0.4 is 5.32 Å². The van der Waals surface area contributed by atoms with Crippen molar-refractivity contribution in [2.45, 2.75) is 13.1 Å². The molecule has 7 nitrogen and oxygen atoms in total. The molecule has 3 amide bonds. The van der Waals surface area contributed by atoms with Crippen LogP contribution in [0.25, 0.3) is 0 Å². The van der Waals surface area contributed by atoms with Crippen LogP contribution in [0.15, 0.2) is 78.9 Å². The van der Waals surface area contributed by atoms with Crippen molar-refractivity contribution in [2.75, 3.05) is 6.61 Å². The largest absolute Gasteiger partial charge is 0.452 e. The van der Waals surface area contributed by atoms with Gasteiger partial charge in [0.15, 0.2) is 6.61 Å². The molecule has 4 rings (SSSR count). The zero-order valence-electron chi connectivity index (χ0n) is 17.1. The number of fused-ring (bicyclic) bond motifs is 1. The van der Waals surface area contributed by atoms with Gasteiger partial charge in [-0.05, 0) is 35.4 Å². The number of benzene rings is 3. The molecule has 3 aromatic carbocycles. The summed E-state index contributed by atoms with van der Waals surface area (Å²) < 4.78 is 5.06. The fourth-order valence-electron chi connectivity index (χ4n) is 3.37. The Morgan fingerprint density at radius 2 is 1.34 bits per heavy atom. The van der Waals surface area contributed by atoms with Gasteiger partial charge in [-0.15, -0.1) is 0 Å². The predicted octanol–water partition coefficient (Wildman–Crippen LogP) is 2.96. The number of imide groups is 1. The SMILES string of the molecule is O=C(COC(=O)c1ccc(CN2C(=O)c3ccccc3C2=O)cc1)NCc1ccccc1. The van der Waals surface area contributed by atoms with E-state index in [4.69, 9.17) is 4.74 Å². The Labute approximate surface area is 184 Å². The monoisotopic (exact) mass is 428 g/mol. The third-order valence-electron chi connectivity index (χ3n) is 5.08. The summed E-state index contributed by atoms with van der Waals surface area (Å²) in [5, 5.41) is 2.69. The van der Waals surface area contributed by atoms with Gasteiger partial charge in [-0.3, -0.25) is 19.3 Å². The van der Waals surface area contributed by atoms with Gasteiger partial charge in [-0.1, -0.05) is 54.6 Å². The van der Waals surface area contributed by atoms with E-state index in [9.17, 15) is 19.2 Å². The zero-order chi connectivity index (χ0) is 22.5. The Hall–Kier alpha value is -4.26. The van der Waals surface area contributed by atoms with Gasteiger partial charge in [-0.25, -0.2) is 4.79 Å². The van der Waals surface area contributed by atoms with E-state index in [-0.39, 0.29) is 30.5 Å². The molecule has 32 heavy (non-hydrogen) atoms. The number of rotatable bonds is 7. The van der Waals surface area contributed by atoms with Crippen molar-refractivity contribution in [2.24, 2.45) is 0 Å². The minimum atomic E-state index is -0.632. The zero-order valence-corrected chi connectivity index (χ0v) is 17.1. The lowest BCUT2D eigenvalue weighted by Crippen LogP contribution is -2.29. The molecule has 7 heteroatoms. The average Bonchev–Trinajstić information content (AvgIpc) is 3.07. The molecule has 1 aliphatic heterocycles. The number of esters is 1. The molecule has 0 saturated heterocycles. The van der Waals surface area contributed by atoms with Crippen molar-refractivity contribution >= 4 is 23.7 Å². The maximum absolute atomic E-state index is 12.5. The first-order valence-corrected chi connectivity index (χ1v) is 10.0. The Morgan fingerprint density at radius 3 is 1.97 bits per heavy atom. The highest BCUT2D eigenvalue weighted by Gasteiger charge is 2.34. The fraction of sp³-hybridized carbons (Fsp3) is 0.120. The molecule has 1 heterocycles. The molecule has 0 aliphatic carbocycles. The molecule has 0 fully saturated rings. The van der Waals surface area contributed by atoms with Crippen LogP contribution in [0, 0.1) is 0 Å². The van der Waals surface area contributed by atoms with Crippen molar-refractivity contribution in [3.8, 4) is 0 Å². The second-order valence-corrected chi connectivity index (χ2v) is 7.28. The van der Waals surface area contributed by atoms with Gasteiger partial charge in [-0.2, -0.15) is 0 Å². The van der Waals surface area contributed by atoms with E-state index in [0.29, 0.717) is 23.2 Å². The third kappa shape index (κ3) is 4.57. The Kier molecular flexibility index (Phi) is 6.07. The first-order valence-electron chi connectivity index (χ1n) is 10.0. The summed E-state index contributed by atoms with van der Waals surface area (Å²) >= 11 is 0. The minimum absolute atomic E-state index is 0.101. The van der Waals surface area contributed by atoms with Gasteiger partial charge in [0, 0.05) is 6.54 Å². The van der Waals surface area contributed by atoms with Gasteiger partial charge in [0.2, 0.25) is 0 Å². The second-order valence-electron chi connectivity index (χ2n) is 7.28. The summed E-state index contributed by atoms with van der Waals surface area (Å²) in [7, 11) is 0. The van der Waals surface area contributed by atoms with E-state index in [2.05, 4.69) is 5.32 Å². The van der Waals surface area contributed by atoms with Gasteiger partial charge >= 0.3 is 5.97 Å². The van der Waals surface area contributed by atoms with Crippen LogP contribution in [0.3, 0.4) is 0 Å². The fourth-order valence-corrected chi connectivity index (χ4v) is 3.37. The van der Waals surface area contributed by atoms with Crippen molar-refractivity contribution in [3.05, 3.63) is 107 Å². The number of hydrogen-bond donors (Lipinski definition) is 1. The number of carbonyl (C=O) groups is 4. The number of ether oxygens (including phenoxy) is 1. The molecule has 0 radical (unpaired) electrons. The molecule has 0 bridgehead atoms. The first-order chi connectivity index (χ1) is 15.5. The van der Waals surface area contributed by atoms with Crippen LogP contribution in [-0.4, -0.2) is 35.2 Å². The summed E-state index contributed by atoms with van der Waals surface area (Å²) in [5.74, 6) is -1.71. The number of nitrogens with one attached hydrogen (secondary N) is 1. The summed E-state index contributed by atoms with van der Waals surface area (Å²) in [6, 6.07) is 22.5. The smallest absolute Gasteiger partial charge is 0.338 e. The van der Waals surface area contributed by atoms with E-state index in [0.717, 1.165) is 5.56 Å².